The van der Waals surface area contributed by atoms with Gasteiger partial charge in [0.1, 0.15) is 18.1 Å². The van der Waals surface area contributed by atoms with Crippen LogP contribution in [0.1, 0.15) is 45.2 Å². The van der Waals surface area contributed by atoms with Crippen molar-refractivity contribution in [3.05, 3.63) is 42.1 Å². The van der Waals surface area contributed by atoms with Gasteiger partial charge in [0.25, 0.3) is 0 Å². The van der Waals surface area contributed by atoms with Crippen molar-refractivity contribution in [1.29, 1.82) is 0 Å². The first kappa shape index (κ1) is 19.7. The van der Waals surface area contributed by atoms with E-state index >= 15 is 0 Å². The van der Waals surface area contributed by atoms with Crippen molar-refractivity contribution in [2.45, 2.75) is 46.1 Å². The van der Waals surface area contributed by atoms with Gasteiger partial charge in [0.15, 0.2) is 11.7 Å². The van der Waals surface area contributed by atoms with Crippen LogP contribution in [-0.2, 0) is 18.4 Å². The van der Waals surface area contributed by atoms with Gasteiger partial charge in [0, 0.05) is 24.9 Å². The molecule has 9 heteroatoms. The molecule has 0 saturated carbocycles. The van der Waals surface area contributed by atoms with E-state index in [9.17, 15) is 0 Å². The minimum Gasteiger partial charge on any atom is -0.461 e. The smallest absolute Gasteiger partial charge is 0.216 e. The van der Waals surface area contributed by atoms with Gasteiger partial charge in [0.2, 0.25) is 11.7 Å². The quantitative estimate of drug-likeness (QED) is 0.423. The molecule has 0 aliphatic carbocycles. The maximum Gasteiger partial charge on any atom is 0.216 e. The summed E-state index contributed by atoms with van der Waals surface area (Å²) in [6.45, 7) is 10.1. The molecule has 0 fully saturated rings. The van der Waals surface area contributed by atoms with E-state index in [4.69, 9.17) is 8.83 Å². The topological polar surface area (TPSA) is 117 Å². The zero-order chi connectivity index (χ0) is 20.0. The average molecular weight is 385 g/mol. The Bertz CT molecular complexity index is 888. The van der Waals surface area contributed by atoms with E-state index in [-0.39, 0.29) is 5.41 Å². The van der Waals surface area contributed by atoms with E-state index in [0.717, 1.165) is 18.1 Å². The minimum absolute atomic E-state index is 0.0662. The fourth-order valence-electron chi connectivity index (χ4n) is 2.44. The van der Waals surface area contributed by atoms with Crippen LogP contribution in [0, 0.1) is 0 Å². The number of nitrogens with one attached hydrogen (secondary N) is 3. The van der Waals surface area contributed by atoms with Crippen molar-refractivity contribution in [3.63, 3.8) is 0 Å². The van der Waals surface area contributed by atoms with Crippen LogP contribution in [0.2, 0.25) is 0 Å². The summed E-state index contributed by atoms with van der Waals surface area (Å²) in [6, 6.07) is 3.64. The fraction of sp³-hybridized carbons (Fsp3) is 0.474. The van der Waals surface area contributed by atoms with Crippen LogP contribution in [0.4, 0.5) is 0 Å². The standard InChI is InChI=1S/C19H27N7O2/c1-5-20-18(23-12-16-22-11-14(28-16)19(2,3)4)21-9-8-15-24-17(26-25-15)13-7-6-10-27-13/h6-7,10-11H,5,8-9,12H2,1-4H3,(H2,20,21,23)(H,24,25,26). The lowest BCUT2D eigenvalue weighted by Crippen LogP contribution is -2.38. The van der Waals surface area contributed by atoms with Gasteiger partial charge in [-0.15, -0.1) is 0 Å². The number of nitrogens with zero attached hydrogens (tertiary/aromatic N) is 4. The molecule has 3 N–H and O–H groups in total. The van der Waals surface area contributed by atoms with E-state index in [1.54, 1.807) is 12.5 Å². The van der Waals surface area contributed by atoms with Crippen LogP contribution in [-0.4, -0.2) is 39.2 Å². The second kappa shape index (κ2) is 8.73. The number of aromatic nitrogens is 4. The molecule has 3 aromatic rings. The molecule has 0 aliphatic rings. The molecule has 28 heavy (non-hydrogen) atoms. The average Bonchev–Trinajstić information content (AvgIpc) is 3.39. The van der Waals surface area contributed by atoms with Crippen molar-refractivity contribution in [1.82, 2.24) is 30.8 Å². The molecule has 0 bridgehead atoms. The minimum atomic E-state index is -0.0662. The Morgan fingerprint density at radius 2 is 2.14 bits per heavy atom. The Balaban J connectivity index is 1.53. The zero-order valence-corrected chi connectivity index (χ0v) is 16.7. The highest BCUT2D eigenvalue weighted by Crippen LogP contribution is 2.22. The molecule has 3 heterocycles. The Morgan fingerprint density at radius 1 is 1.29 bits per heavy atom. The third-order valence-corrected chi connectivity index (χ3v) is 3.94. The molecule has 150 valence electrons. The SMILES string of the molecule is CCNC(=NCc1ncc(C(C)(C)C)o1)NCCc1nc(-c2ccco2)n[nH]1. The van der Waals surface area contributed by atoms with Gasteiger partial charge < -0.3 is 19.5 Å². The number of rotatable bonds is 7. The number of guanidine groups is 1. The summed E-state index contributed by atoms with van der Waals surface area (Å²) in [5, 5.41) is 13.6. The summed E-state index contributed by atoms with van der Waals surface area (Å²) in [5.74, 6) is 4.12. The summed E-state index contributed by atoms with van der Waals surface area (Å²) >= 11 is 0. The maximum absolute atomic E-state index is 5.78. The summed E-state index contributed by atoms with van der Waals surface area (Å²) in [4.78, 5) is 13.3. The Kier molecular flexibility index (Phi) is 6.13. The molecule has 0 amide bonds. The van der Waals surface area contributed by atoms with Crippen molar-refractivity contribution in [2.24, 2.45) is 4.99 Å². The summed E-state index contributed by atoms with van der Waals surface area (Å²) in [6.07, 6.45) is 4.04. The lowest BCUT2D eigenvalue weighted by atomic mass is 9.94. The molecule has 0 radical (unpaired) electrons. The first-order chi connectivity index (χ1) is 13.5. The molecular weight excluding hydrogens is 358 g/mol. The van der Waals surface area contributed by atoms with Gasteiger partial charge in [-0.25, -0.2) is 15.0 Å². The van der Waals surface area contributed by atoms with Crippen molar-refractivity contribution < 1.29 is 8.83 Å². The number of furan rings is 1. The highest BCUT2D eigenvalue weighted by molar-refractivity contribution is 5.79. The molecule has 0 aromatic carbocycles. The lowest BCUT2D eigenvalue weighted by Gasteiger charge is -2.13. The first-order valence-electron chi connectivity index (χ1n) is 9.38. The summed E-state index contributed by atoms with van der Waals surface area (Å²) in [5.41, 5.74) is -0.0662. The number of H-pyrrole nitrogens is 1. The fourth-order valence-corrected chi connectivity index (χ4v) is 2.44. The molecule has 0 spiro atoms. The van der Waals surface area contributed by atoms with Gasteiger partial charge in [0.05, 0.1) is 12.5 Å². The van der Waals surface area contributed by atoms with Crippen molar-refractivity contribution >= 4 is 5.96 Å². The predicted octanol–water partition coefficient (Wildman–Crippen LogP) is 2.65. The third-order valence-electron chi connectivity index (χ3n) is 3.94. The molecular formula is C19H27N7O2. The summed E-state index contributed by atoms with van der Waals surface area (Å²) in [7, 11) is 0. The number of aliphatic imine (C=N–C) groups is 1. The molecule has 0 aliphatic heterocycles. The Morgan fingerprint density at radius 3 is 2.82 bits per heavy atom. The Labute approximate surface area is 164 Å². The normalized spacial score (nSPS) is 12.4. The number of aromatic amines is 1. The highest BCUT2D eigenvalue weighted by Gasteiger charge is 2.19. The van der Waals surface area contributed by atoms with E-state index in [2.05, 4.69) is 56.6 Å². The van der Waals surface area contributed by atoms with Crippen LogP contribution >= 0.6 is 0 Å². The van der Waals surface area contributed by atoms with Crippen LogP contribution in [0.15, 0.2) is 38.4 Å². The molecule has 0 unspecified atom stereocenters. The van der Waals surface area contributed by atoms with Gasteiger partial charge in [-0.3, -0.25) is 5.10 Å². The van der Waals surface area contributed by atoms with Gasteiger partial charge in [-0.1, -0.05) is 20.8 Å². The van der Waals surface area contributed by atoms with E-state index in [0.29, 0.717) is 42.9 Å². The molecule has 0 saturated heterocycles. The number of hydrogen-bond donors (Lipinski definition) is 3. The van der Waals surface area contributed by atoms with Crippen LogP contribution in [0.25, 0.3) is 11.6 Å². The van der Waals surface area contributed by atoms with Gasteiger partial charge in [-0.2, -0.15) is 5.10 Å². The second-order valence-corrected chi connectivity index (χ2v) is 7.32. The third kappa shape index (κ3) is 5.21. The largest absolute Gasteiger partial charge is 0.461 e. The van der Waals surface area contributed by atoms with Crippen molar-refractivity contribution in [2.75, 3.05) is 13.1 Å². The van der Waals surface area contributed by atoms with Crippen molar-refractivity contribution in [3.8, 4) is 11.6 Å². The second-order valence-electron chi connectivity index (χ2n) is 7.32. The van der Waals surface area contributed by atoms with Crippen LogP contribution in [0.5, 0.6) is 0 Å². The van der Waals surface area contributed by atoms with E-state index in [1.165, 1.54) is 0 Å². The van der Waals surface area contributed by atoms with E-state index in [1.807, 2.05) is 19.1 Å². The van der Waals surface area contributed by atoms with Crippen LogP contribution in [0.3, 0.4) is 0 Å². The van der Waals surface area contributed by atoms with Gasteiger partial charge in [-0.05, 0) is 19.1 Å². The number of oxazole rings is 1. The highest BCUT2D eigenvalue weighted by atomic mass is 16.4. The first-order valence-corrected chi connectivity index (χ1v) is 9.38. The maximum atomic E-state index is 5.78. The zero-order valence-electron chi connectivity index (χ0n) is 16.7. The van der Waals surface area contributed by atoms with Gasteiger partial charge >= 0.3 is 0 Å². The monoisotopic (exact) mass is 385 g/mol. The molecule has 3 rings (SSSR count). The van der Waals surface area contributed by atoms with Crippen LogP contribution < -0.4 is 10.6 Å². The molecule has 0 atom stereocenters. The summed E-state index contributed by atoms with van der Waals surface area (Å²) < 4.78 is 11.1. The Hall–Kier alpha value is -3.10. The van der Waals surface area contributed by atoms with E-state index < -0.39 is 0 Å². The number of hydrogen-bond acceptors (Lipinski definition) is 6. The molecule has 9 nitrogen and oxygen atoms in total. The molecule has 3 aromatic heterocycles. The lowest BCUT2D eigenvalue weighted by molar-refractivity contribution is 0.383. The predicted molar refractivity (Wildman–Crippen MR) is 106 cm³/mol.